The molecule has 0 fully saturated rings. The van der Waals surface area contributed by atoms with E-state index < -0.39 is 10.0 Å². The van der Waals surface area contributed by atoms with Crippen molar-refractivity contribution in [1.82, 2.24) is 4.98 Å². The normalized spacial score (nSPS) is 11.2. The molecule has 0 saturated heterocycles. The summed E-state index contributed by atoms with van der Waals surface area (Å²) in [4.78, 5) is 3.94. The molecular formula is C13H14BrN3O2S. The summed E-state index contributed by atoms with van der Waals surface area (Å²) < 4.78 is 28.2. The van der Waals surface area contributed by atoms with Crippen molar-refractivity contribution in [3.8, 4) is 0 Å². The van der Waals surface area contributed by atoms with Gasteiger partial charge in [-0.15, -0.1) is 0 Å². The maximum absolute atomic E-state index is 12.4. The van der Waals surface area contributed by atoms with E-state index in [-0.39, 0.29) is 5.03 Å². The molecule has 0 saturated carbocycles. The predicted molar refractivity (Wildman–Crippen MR) is 83.5 cm³/mol. The average molecular weight is 356 g/mol. The van der Waals surface area contributed by atoms with Crippen LogP contribution in [0.25, 0.3) is 0 Å². The fourth-order valence-electron chi connectivity index (χ4n) is 1.71. The van der Waals surface area contributed by atoms with Gasteiger partial charge in [0.25, 0.3) is 10.0 Å². The lowest BCUT2D eigenvalue weighted by Crippen LogP contribution is -2.16. The Labute approximate surface area is 126 Å². The minimum absolute atomic E-state index is 0.0249. The van der Waals surface area contributed by atoms with Crippen LogP contribution in [-0.4, -0.2) is 20.4 Å². The Balaban J connectivity index is 2.38. The van der Waals surface area contributed by atoms with Gasteiger partial charge in [-0.25, -0.2) is 4.98 Å². The second kappa shape index (κ2) is 5.80. The van der Waals surface area contributed by atoms with Gasteiger partial charge in [0.1, 0.15) is 0 Å². The standard InChI is InChI=1S/C13H14BrN3O2S/c1-9-8-10(5-6-11(9)14)17-20(18,19)13-12(15-2)4-3-7-16-13/h3-8,15,17H,1-2H3. The van der Waals surface area contributed by atoms with Gasteiger partial charge < -0.3 is 5.32 Å². The fourth-order valence-corrected chi connectivity index (χ4v) is 3.15. The zero-order chi connectivity index (χ0) is 14.8. The number of nitrogens with one attached hydrogen (secondary N) is 2. The molecule has 106 valence electrons. The van der Waals surface area contributed by atoms with Gasteiger partial charge in [-0.05, 0) is 42.8 Å². The quantitative estimate of drug-likeness (QED) is 0.884. The lowest BCUT2D eigenvalue weighted by atomic mass is 10.2. The van der Waals surface area contributed by atoms with Gasteiger partial charge in [0.15, 0.2) is 5.03 Å². The van der Waals surface area contributed by atoms with E-state index in [9.17, 15) is 8.42 Å². The first kappa shape index (κ1) is 14.8. The molecule has 0 bridgehead atoms. The summed E-state index contributed by atoms with van der Waals surface area (Å²) >= 11 is 3.38. The van der Waals surface area contributed by atoms with E-state index in [2.05, 4.69) is 31.0 Å². The molecule has 2 N–H and O–H groups in total. The zero-order valence-corrected chi connectivity index (χ0v) is 13.4. The Morgan fingerprint density at radius 2 is 2.00 bits per heavy atom. The van der Waals surface area contributed by atoms with Crippen LogP contribution < -0.4 is 10.0 Å². The van der Waals surface area contributed by atoms with E-state index in [1.165, 1.54) is 6.20 Å². The number of hydrogen-bond donors (Lipinski definition) is 2. The SMILES string of the molecule is CNc1cccnc1S(=O)(=O)Nc1ccc(Br)c(C)c1. The van der Waals surface area contributed by atoms with Crippen LogP contribution >= 0.6 is 15.9 Å². The summed E-state index contributed by atoms with van der Waals surface area (Å²) in [5.74, 6) is 0. The molecule has 7 heteroatoms. The summed E-state index contributed by atoms with van der Waals surface area (Å²) in [6, 6.07) is 8.58. The van der Waals surface area contributed by atoms with Gasteiger partial charge in [-0.1, -0.05) is 15.9 Å². The van der Waals surface area contributed by atoms with Crippen LogP contribution in [0.4, 0.5) is 11.4 Å². The molecule has 1 aromatic heterocycles. The molecule has 0 aliphatic rings. The van der Waals surface area contributed by atoms with Crippen molar-refractivity contribution in [1.29, 1.82) is 0 Å². The van der Waals surface area contributed by atoms with Crippen LogP contribution in [0.3, 0.4) is 0 Å². The first-order chi connectivity index (χ1) is 9.44. The van der Waals surface area contributed by atoms with E-state index in [4.69, 9.17) is 0 Å². The van der Waals surface area contributed by atoms with Crippen molar-refractivity contribution in [3.05, 3.63) is 46.6 Å². The number of pyridine rings is 1. The lowest BCUT2D eigenvalue weighted by molar-refractivity contribution is 0.598. The number of rotatable bonds is 4. The second-order valence-corrected chi connectivity index (χ2v) is 6.63. The summed E-state index contributed by atoms with van der Waals surface area (Å²) in [5.41, 5.74) is 1.90. The number of halogens is 1. The van der Waals surface area contributed by atoms with Crippen LogP contribution in [0.1, 0.15) is 5.56 Å². The Hall–Kier alpha value is -1.60. The molecule has 5 nitrogen and oxygen atoms in total. The van der Waals surface area contributed by atoms with Gasteiger partial charge in [0, 0.05) is 23.4 Å². The van der Waals surface area contributed by atoms with Gasteiger partial charge >= 0.3 is 0 Å². The van der Waals surface area contributed by atoms with Crippen molar-refractivity contribution in [3.63, 3.8) is 0 Å². The Morgan fingerprint density at radius 3 is 2.65 bits per heavy atom. The molecule has 20 heavy (non-hydrogen) atoms. The van der Waals surface area contributed by atoms with Gasteiger partial charge in [-0.2, -0.15) is 8.42 Å². The monoisotopic (exact) mass is 355 g/mol. The van der Waals surface area contributed by atoms with Gasteiger partial charge in [-0.3, -0.25) is 4.72 Å². The summed E-state index contributed by atoms with van der Waals surface area (Å²) in [5, 5.41) is 2.79. The van der Waals surface area contributed by atoms with E-state index in [1.807, 2.05) is 6.92 Å². The lowest BCUT2D eigenvalue weighted by Gasteiger charge is -2.11. The van der Waals surface area contributed by atoms with Crippen molar-refractivity contribution < 1.29 is 8.42 Å². The number of hydrogen-bond acceptors (Lipinski definition) is 4. The Bertz CT molecular complexity index is 732. The van der Waals surface area contributed by atoms with Crippen LogP contribution in [0.15, 0.2) is 46.0 Å². The van der Waals surface area contributed by atoms with Crippen molar-refractivity contribution in [2.24, 2.45) is 0 Å². The highest BCUT2D eigenvalue weighted by molar-refractivity contribution is 9.10. The first-order valence-electron chi connectivity index (χ1n) is 5.86. The average Bonchev–Trinajstić information content (AvgIpc) is 2.42. The van der Waals surface area contributed by atoms with E-state index >= 15 is 0 Å². The van der Waals surface area contributed by atoms with Crippen molar-refractivity contribution in [2.75, 3.05) is 17.1 Å². The maximum atomic E-state index is 12.4. The molecule has 2 rings (SSSR count). The molecule has 0 unspecified atom stereocenters. The van der Waals surface area contributed by atoms with Crippen molar-refractivity contribution in [2.45, 2.75) is 11.9 Å². The topological polar surface area (TPSA) is 71.1 Å². The molecular weight excluding hydrogens is 342 g/mol. The van der Waals surface area contributed by atoms with Crippen molar-refractivity contribution >= 4 is 37.3 Å². The number of anilines is 2. The zero-order valence-electron chi connectivity index (χ0n) is 11.0. The Morgan fingerprint density at radius 1 is 1.25 bits per heavy atom. The van der Waals surface area contributed by atoms with E-state index in [0.717, 1.165) is 10.0 Å². The molecule has 0 atom stereocenters. The van der Waals surface area contributed by atoms with Crippen LogP contribution in [0.2, 0.25) is 0 Å². The fraction of sp³-hybridized carbons (Fsp3) is 0.154. The highest BCUT2D eigenvalue weighted by atomic mass is 79.9. The summed E-state index contributed by atoms with van der Waals surface area (Å²) in [7, 11) is -2.07. The predicted octanol–water partition coefficient (Wildman–Crippen LogP) is 3.00. The molecule has 0 amide bonds. The molecule has 0 aliphatic carbocycles. The van der Waals surface area contributed by atoms with E-state index in [0.29, 0.717) is 11.4 Å². The first-order valence-corrected chi connectivity index (χ1v) is 8.13. The summed E-state index contributed by atoms with van der Waals surface area (Å²) in [6.07, 6.45) is 1.45. The molecule has 1 heterocycles. The Kier molecular flexibility index (Phi) is 4.29. The van der Waals surface area contributed by atoms with Crippen LogP contribution in [0, 0.1) is 6.92 Å². The molecule has 0 aliphatic heterocycles. The number of aromatic nitrogens is 1. The highest BCUT2D eigenvalue weighted by Crippen LogP contribution is 2.24. The van der Waals surface area contributed by atoms with E-state index in [1.54, 1.807) is 37.4 Å². The maximum Gasteiger partial charge on any atom is 0.281 e. The van der Waals surface area contributed by atoms with Gasteiger partial charge in [0.05, 0.1) is 5.69 Å². The minimum atomic E-state index is -3.72. The second-order valence-electron chi connectivity index (χ2n) is 4.18. The molecule has 1 aromatic carbocycles. The third kappa shape index (κ3) is 3.10. The smallest absolute Gasteiger partial charge is 0.281 e. The molecule has 2 aromatic rings. The third-order valence-electron chi connectivity index (χ3n) is 2.71. The van der Waals surface area contributed by atoms with Gasteiger partial charge in [0.2, 0.25) is 0 Å². The number of nitrogens with zero attached hydrogens (tertiary/aromatic N) is 1. The van der Waals surface area contributed by atoms with Crippen LogP contribution in [-0.2, 0) is 10.0 Å². The minimum Gasteiger partial charge on any atom is -0.386 e. The van der Waals surface area contributed by atoms with Crippen LogP contribution in [0.5, 0.6) is 0 Å². The molecule has 0 spiro atoms. The number of benzene rings is 1. The third-order valence-corrected chi connectivity index (χ3v) is 4.93. The number of sulfonamides is 1. The largest absolute Gasteiger partial charge is 0.386 e. The number of aryl methyl sites for hydroxylation is 1. The molecule has 0 radical (unpaired) electrons. The summed E-state index contributed by atoms with van der Waals surface area (Å²) in [6.45, 7) is 1.89. The highest BCUT2D eigenvalue weighted by Gasteiger charge is 2.19.